The summed E-state index contributed by atoms with van der Waals surface area (Å²) >= 11 is 1.87. The second kappa shape index (κ2) is 4.98. The van der Waals surface area contributed by atoms with E-state index in [1.165, 1.54) is 13.0 Å². The van der Waals surface area contributed by atoms with Gasteiger partial charge in [-0.1, -0.05) is 5.11 Å². The molecule has 0 spiro atoms. The Kier molecular flexibility index (Phi) is 4.11. The molecule has 0 saturated carbocycles. The van der Waals surface area contributed by atoms with Crippen LogP contribution in [0.25, 0.3) is 10.4 Å². The molecule has 16 heavy (non-hydrogen) atoms. The molecule has 0 aliphatic carbocycles. The van der Waals surface area contributed by atoms with Crippen LogP contribution in [0.2, 0.25) is 0 Å². The van der Waals surface area contributed by atoms with Gasteiger partial charge in [0.05, 0.1) is 6.54 Å². The van der Waals surface area contributed by atoms with Gasteiger partial charge in [-0.15, -0.1) is 3.89 Å². The smallest absolute Gasteiger partial charge is 0.189 e. The lowest BCUT2D eigenvalue weighted by Gasteiger charge is -2.07. The quantitative estimate of drug-likeness (QED) is 0.274. The maximum absolute atomic E-state index is 12.9. The van der Waals surface area contributed by atoms with Gasteiger partial charge in [-0.2, -0.15) is 8.42 Å². The minimum Gasteiger partial charge on any atom is -0.189 e. The van der Waals surface area contributed by atoms with Gasteiger partial charge in [0.1, 0.15) is 4.90 Å². The Morgan fingerprint density at radius 1 is 1.56 bits per heavy atom. The van der Waals surface area contributed by atoms with Crippen molar-refractivity contribution in [1.29, 1.82) is 0 Å². The highest BCUT2D eigenvalue weighted by atomic mass is 127. The normalized spacial score (nSPS) is 10.9. The van der Waals surface area contributed by atoms with Crippen LogP contribution in [0.3, 0.4) is 0 Å². The average molecular weight is 355 g/mol. The first-order valence-electron chi connectivity index (χ1n) is 4.11. The Morgan fingerprint density at radius 3 is 2.69 bits per heavy atom. The van der Waals surface area contributed by atoms with Crippen LogP contribution in [0, 0.1) is 10.5 Å². The Hall–Kier alpha value is -0.860. The van der Waals surface area contributed by atoms with Crippen molar-refractivity contribution in [3.05, 3.63) is 37.3 Å². The molecule has 0 fully saturated rings. The van der Waals surface area contributed by atoms with Gasteiger partial charge in [0.2, 0.25) is 0 Å². The van der Waals surface area contributed by atoms with Crippen LogP contribution >= 0.6 is 22.6 Å². The minimum absolute atomic E-state index is 0.00168. The lowest BCUT2D eigenvalue weighted by molar-refractivity contribution is 0.551. The van der Waals surface area contributed by atoms with E-state index >= 15 is 0 Å². The van der Waals surface area contributed by atoms with Gasteiger partial charge in [0.15, 0.2) is 0 Å². The third-order valence-corrected chi connectivity index (χ3v) is 3.57. The number of azide groups is 1. The van der Waals surface area contributed by atoms with Crippen molar-refractivity contribution in [2.75, 3.05) is 0 Å². The highest BCUT2D eigenvalue weighted by Crippen LogP contribution is 2.24. The summed E-state index contributed by atoms with van der Waals surface area (Å²) in [5.41, 5.74) is 8.96. The molecule has 0 aliphatic rings. The van der Waals surface area contributed by atoms with Crippen LogP contribution in [0.1, 0.15) is 11.1 Å². The summed E-state index contributed by atoms with van der Waals surface area (Å²) < 4.78 is 35.2. The lowest BCUT2D eigenvalue weighted by Crippen LogP contribution is -2.00. The van der Waals surface area contributed by atoms with E-state index in [1.54, 1.807) is 6.07 Å². The lowest BCUT2D eigenvalue weighted by atomic mass is 10.1. The van der Waals surface area contributed by atoms with Gasteiger partial charge in [0.25, 0.3) is 0 Å². The number of halogens is 2. The molecule has 0 aliphatic heterocycles. The molecule has 0 unspecified atom stereocenters. The second-order valence-electron chi connectivity index (χ2n) is 3.01. The largest absolute Gasteiger partial charge is 0.332 e. The molecule has 1 rings (SSSR count). The van der Waals surface area contributed by atoms with E-state index in [0.717, 1.165) is 0 Å². The molecule has 8 heteroatoms. The summed E-state index contributed by atoms with van der Waals surface area (Å²) in [6.07, 6.45) is 0. The fourth-order valence-electron chi connectivity index (χ4n) is 1.23. The molecule has 5 nitrogen and oxygen atoms in total. The molecular formula is C8H7FIN3O2S. The fourth-order valence-corrected chi connectivity index (χ4v) is 2.90. The molecule has 86 valence electrons. The van der Waals surface area contributed by atoms with E-state index in [9.17, 15) is 12.3 Å². The predicted octanol–water partition coefficient (Wildman–Crippen LogP) is 3.07. The van der Waals surface area contributed by atoms with Crippen LogP contribution in [0.4, 0.5) is 3.89 Å². The van der Waals surface area contributed by atoms with Gasteiger partial charge < -0.3 is 0 Å². The maximum atomic E-state index is 12.9. The Labute approximate surface area is 106 Å². The van der Waals surface area contributed by atoms with E-state index in [0.29, 0.717) is 9.13 Å². The third kappa shape index (κ3) is 3.06. The Morgan fingerprint density at radius 2 is 2.19 bits per heavy atom. The van der Waals surface area contributed by atoms with Gasteiger partial charge in [-0.05, 0) is 58.3 Å². The summed E-state index contributed by atoms with van der Waals surface area (Å²) in [6.45, 7) is 1.48. The predicted molar refractivity (Wildman–Crippen MR) is 65.0 cm³/mol. The van der Waals surface area contributed by atoms with Crippen molar-refractivity contribution in [2.24, 2.45) is 5.11 Å². The summed E-state index contributed by atoms with van der Waals surface area (Å²) in [5.74, 6) is 0. The van der Waals surface area contributed by atoms with Crippen molar-refractivity contribution >= 4 is 32.8 Å². The van der Waals surface area contributed by atoms with E-state index in [-0.39, 0.29) is 17.0 Å². The van der Waals surface area contributed by atoms with Gasteiger partial charge in [-0.3, -0.25) is 0 Å². The van der Waals surface area contributed by atoms with E-state index in [2.05, 4.69) is 10.0 Å². The van der Waals surface area contributed by atoms with Crippen molar-refractivity contribution < 1.29 is 12.3 Å². The summed E-state index contributed by atoms with van der Waals surface area (Å²) in [7, 11) is -4.74. The van der Waals surface area contributed by atoms with Gasteiger partial charge in [0, 0.05) is 8.48 Å². The molecule has 0 amide bonds. The van der Waals surface area contributed by atoms with Crippen molar-refractivity contribution in [3.63, 3.8) is 0 Å². The molecule has 1 aromatic rings. The zero-order valence-corrected chi connectivity index (χ0v) is 11.2. The number of hydrogen-bond donors (Lipinski definition) is 0. The van der Waals surface area contributed by atoms with E-state index < -0.39 is 10.2 Å². The van der Waals surface area contributed by atoms with Gasteiger partial charge in [-0.25, -0.2) is 0 Å². The minimum atomic E-state index is -4.74. The average Bonchev–Trinajstić information content (AvgIpc) is 2.17. The van der Waals surface area contributed by atoms with E-state index in [4.69, 9.17) is 5.53 Å². The van der Waals surface area contributed by atoms with Crippen LogP contribution < -0.4 is 0 Å². The molecule has 0 aromatic heterocycles. The first kappa shape index (κ1) is 13.2. The molecular weight excluding hydrogens is 348 g/mol. The van der Waals surface area contributed by atoms with Crippen molar-refractivity contribution in [2.45, 2.75) is 18.4 Å². The van der Waals surface area contributed by atoms with E-state index in [1.807, 2.05) is 22.6 Å². The third-order valence-electron chi connectivity index (χ3n) is 2.00. The first-order chi connectivity index (χ1) is 7.36. The topological polar surface area (TPSA) is 82.9 Å². The summed E-state index contributed by atoms with van der Waals surface area (Å²) in [5, 5.41) is 3.33. The zero-order valence-electron chi connectivity index (χ0n) is 8.18. The zero-order chi connectivity index (χ0) is 12.3. The van der Waals surface area contributed by atoms with Crippen LogP contribution in [-0.4, -0.2) is 8.42 Å². The number of benzene rings is 1. The Balaban J connectivity index is 3.43. The molecule has 0 saturated heterocycles. The monoisotopic (exact) mass is 355 g/mol. The highest BCUT2D eigenvalue weighted by Gasteiger charge is 2.18. The maximum Gasteiger partial charge on any atom is 0.332 e. The molecule has 0 N–H and O–H groups in total. The highest BCUT2D eigenvalue weighted by molar-refractivity contribution is 14.1. The SMILES string of the molecule is Cc1c(CN=[N+]=[N-])cc(I)cc1S(=O)(=O)F. The molecule has 0 heterocycles. The van der Waals surface area contributed by atoms with Crippen molar-refractivity contribution in [3.8, 4) is 0 Å². The van der Waals surface area contributed by atoms with Gasteiger partial charge >= 0.3 is 10.2 Å². The molecule has 0 bridgehead atoms. The standard InChI is InChI=1S/C8H7FIN3O2S/c1-5-6(4-12-13-11)2-7(10)3-8(5)16(9,14)15/h2-3H,4H2,1H3. The molecule has 0 atom stereocenters. The first-order valence-corrected chi connectivity index (χ1v) is 6.57. The number of rotatable bonds is 3. The fraction of sp³-hybridized carbons (Fsp3) is 0.250. The Bertz CT molecular complexity index is 567. The van der Waals surface area contributed by atoms with Crippen LogP contribution in [0.15, 0.2) is 22.1 Å². The van der Waals surface area contributed by atoms with Crippen LogP contribution in [-0.2, 0) is 16.8 Å². The molecule has 0 radical (unpaired) electrons. The number of hydrogen-bond acceptors (Lipinski definition) is 3. The van der Waals surface area contributed by atoms with Crippen LogP contribution in [0.5, 0.6) is 0 Å². The molecule has 1 aromatic carbocycles. The van der Waals surface area contributed by atoms with Crippen molar-refractivity contribution in [1.82, 2.24) is 0 Å². The second-order valence-corrected chi connectivity index (χ2v) is 5.58. The number of nitrogens with zero attached hydrogens (tertiary/aromatic N) is 3. The summed E-state index contributed by atoms with van der Waals surface area (Å²) in [6, 6.07) is 2.89. The summed E-state index contributed by atoms with van der Waals surface area (Å²) in [4.78, 5) is 2.20.